The highest BCUT2D eigenvalue weighted by atomic mass is 32.2. The molecule has 0 saturated carbocycles. The van der Waals surface area contributed by atoms with Gasteiger partial charge in [-0.15, -0.1) is 0 Å². The molecule has 1 aliphatic heterocycles. The van der Waals surface area contributed by atoms with Gasteiger partial charge in [0.1, 0.15) is 0 Å². The lowest BCUT2D eigenvalue weighted by atomic mass is 9.80. The van der Waals surface area contributed by atoms with Crippen molar-refractivity contribution in [1.29, 1.82) is 0 Å². The van der Waals surface area contributed by atoms with Crippen LogP contribution < -0.4 is 15.2 Å². The molecular formula is C21H20BN3O4S. The van der Waals surface area contributed by atoms with Crippen molar-refractivity contribution in [3.8, 4) is 0 Å². The van der Waals surface area contributed by atoms with Crippen LogP contribution in [0.2, 0.25) is 0 Å². The first-order chi connectivity index (χ1) is 14.4. The third-order valence-corrected chi connectivity index (χ3v) is 6.19. The van der Waals surface area contributed by atoms with Crippen LogP contribution in [0.5, 0.6) is 0 Å². The van der Waals surface area contributed by atoms with Gasteiger partial charge in [-0.05, 0) is 47.4 Å². The minimum Gasteiger partial charge on any atom is -0.423 e. The molecule has 0 spiro atoms. The SMILES string of the molecule is O=S(=O)(Nc1cccc(B(O)O)c1)c1ccc(N2CCC(c3ccccc3)=N2)cc1. The van der Waals surface area contributed by atoms with Gasteiger partial charge in [-0.1, -0.05) is 42.5 Å². The summed E-state index contributed by atoms with van der Waals surface area (Å²) >= 11 is 0. The average Bonchev–Trinajstić information content (AvgIpc) is 3.25. The smallest absolute Gasteiger partial charge is 0.423 e. The molecule has 7 nitrogen and oxygen atoms in total. The van der Waals surface area contributed by atoms with Crippen molar-refractivity contribution < 1.29 is 18.5 Å². The quantitative estimate of drug-likeness (QED) is 0.527. The molecule has 9 heteroatoms. The number of rotatable bonds is 6. The molecule has 0 bridgehead atoms. The molecular weight excluding hydrogens is 401 g/mol. The molecule has 3 aromatic rings. The Morgan fingerprint density at radius 2 is 1.67 bits per heavy atom. The molecule has 3 N–H and O–H groups in total. The van der Waals surface area contributed by atoms with Crippen LogP contribution in [-0.4, -0.2) is 37.8 Å². The van der Waals surface area contributed by atoms with Crippen molar-refractivity contribution in [3.05, 3.63) is 84.4 Å². The Balaban J connectivity index is 1.51. The highest BCUT2D eigenvalue weighted by Crippen LogP contribution is 2.24. The first-order valence-electron chi connectivity index (χ1n) is 9.42. The predicted octanol–water partition coefficient (Wildman–Crippen LogP) is 1.78. The van der Waals surface area contributed by atoms with Crippen LogP contribution in [0.4, 0.5) is 11.4 Å². The molecule has 0 aromatic heterocycles. The number of anilines is 2. The van der Waals surface area contributed by atoms with Gasteiger partial charge in [-0.2, -0.15) is 5.10 Å². The molecule has 1 aliphatic rings. The van der Waals surface area contributed by atoms with Crippen LogP contribution >= 0.6 is 0 Å². The third kappa shape index (κ3) is 4.38. The number of nitrogens with one attached hydrogen (secondary N) is 1. The zero-order valence-corrected chi connectivity index (χ0v) is 16.8. The molecule has 30 heavy (non-hydrogen) atoms. The van der Waals surface area contributed by atoms with Crippen molar-refractivity contribution in [2.24, 2.45) is 5.10 Å². The van der Waals surface area contributed by atoms with Gasteiger partial charge in [0.25, 0.3) is 10.0 Å². The van der Waals surface area contributed by atoms with Crippen LogP contribution in [0, 0.1) is 0 Å². The van der Waals surface area contributed by atoms with E-state index in [4.69, 9.17) is 0 Å². The van der Waals surface area contributed by atoms with Crippen molar-refractivity contribution in [2.45, 2.75) is 11.3 Å². The number of hydrazone groups is 1. The number of benzene rings is 3. The highest BCUT2D eigenvalue weighted by Gasteiger charge is 2.20. The summed E-state index contributed by atoms with van der Waals surface area (Å²) in [5.41, 5.74) is 3.34. The van der Waals surface area contributed by atoms with Gasteiger partial charge >= 0.3 is 7.12 Å². The number of hydrogen-bond donors (Lipinski definition) is 3. The Hall–Kier alpha value is -3.14. The Kier molecular flexibility index (Phi) is 5.58. The van der Waals surface area contributed by atoms with Crippen molar-refractivity contribution in [2.75, 3.05) is 16.3 Å². The zero-order valence-electron chi connectivity index (χ0n) is 16.0. The maximum Gasteiger partial charge on any atom is 0.488 e. The molecule has 0 atom stereocenters. The minimum absolute atomic E-state index is 0.104. The Morgan fingerprint density at radius 1 is 0.933 bits per heavy atom. The summed E-state index contributed by atoms with van der Waals surface area (Å²) in [5.74, 6) is 0. The van der Waals surface area contributed by atoms with E-state index >= 15 is 0 Å². The number of hydrogen-bond acceptors (Lipinski definition) is 6. The topological polar surface area (TPSA) is 102 Å². The maximum atomic E-state index is 12.7. The predicted molar refractivity (Wildman–Crippen MR) is 118 cm³/mol. The molecule has 0 aliphatic carbocycles. The monoisotopic (exact) mass is 421 g/mol. The van der Waals surface area contributed by atoms with E-state index in [1.54, 1.807) is 24.3 Å². The Labute approximate surface area is 175 Å². The fraction of sp³-hybridized carbons (Fsp3) is 0.0952. The van der Waals surface area contributed by atoms with Crippen LogP contribution in [0.25, 0.3) is 0 Å². The third-order valence-electron chi connectivity index (χ3n) is 4.79. The van der Waals surface area contributed by atoms with E-state index in [9.17, 15) is 18.5 Å². The van der Waals surface area contributed by atoms with Crippen LogP contribution in [-0.2, 0) is 10.0 Å². The molecule has 152 valence electrons. The molecule has 0 saturated heterocycles. The molecule has 0 radical (unpaired) electrons. The van der Waals surface area contributed by atoms with E-state index < -0.39 is 17.1 Å². The van der Waals surface area contributed by atoms with Crippen molar-refractivity contribution >= 4 is 39.7 Å². The Morgan fingerprint density at radius 3 is 2.37 bits per heavy atom. The van der Waals surface area contributed by atoms with E-state index in [1.165, 1.54) is 24.3 Å². The van der Waals surface area contributed by atoms with E-state index in [1.807, 2.05) is 35.3 Å². The van der Waals surface area contributed by atoms with Gasteiger partial charge in [-0.25, -0.2) is 8.42 Å². The summed E-state index contributed by atoms with van der Waals surface area (Å²) in [6.07, 6.45) is 0.818. The normalized spacial score (nSPS) is 13.8. The number of sulfonamides is 1. The zero-order chi connectivity index (χ0) is 21.1. The van der Waals surface area contributed by atoms with Gasteiger partial charge in [0.15, 0.2) is 0 Å². The first kappa shape index (κ1) is 20.2. The second kappa shape index (κ2) is 8.31. The van der Waals surface area contributed by atoms with E-state index in [0.717, 1.165) is 29.9 Å². The second-order valence-corrected chi connectivity index (χ2v) is 8.57. The minimum atomic E-state index is -3.82. The fourth-order valence-electron chi connectivity index (χ4n) is 3.25. The van der Waals surface area contributed by atoms with Crippen LogP contribution in [0.1, 0.15) is 12.0 Å². The molecule has 0 amide bonds. The summed E-state index contributed by atoms with van der Waals surface area (Å²) < 4.78 is 27.8. The van der Waals surface area contributed by atoms with Gasteiger partial charge in [-0.3, -0.25) is 9.73 Å². The maximum absolute atomic E-state index is 12.7. The van der Waals surface area contributed by atoms with Crippen molar-refractivity contribution in [1.82, 2.24) is 0 Å². The van der Waals surface area contributed by atoms with E-state index in [0.29, 0.717) is 0 Å². The lowest BCUT2D eigenvalue weighted by molar-refractivity contribution is 0.426. The van der Waals surface area contributed by atoms with E-state index in [2.05, 4.69) is 9.82 Å². The lowest BCUT2D eigenvalue weighted by Crippen LogP contribution is -2.30. The molecule has 0 unspecified atom stereocenters. The summed E-state index contributed by atoms with van der Waals surface area (Å²) in [7, 11) is -5.49. The summed E-state index contributed by atoms with van der Waals surface area (Å²) in [5, 5.41) is 25.0. The first-order valence-corrected chi connectivity index (χ1v) is 10.9. The summed E-state index contributed by atoms with van der Waals surface area (Å²) in [4.78, 5) is 0.104. The molecule has 4 rings (SSSR count). The van der Waals surface area contributed by atoms with Crippen LogP contribution in [0.3, 0.4) is 0 Å². The highest BCUT2D eigenvalue weighted by molar-refractivity contribution is 7.92. The van der Waals surface area contributed by atoms with Crippen LogP contribution in [0.15, 0.2) is 88.9 Å². The van der Waals surface area contributed by atoms with Crippen molar-refractivity contribution in [3.63, 3.8) is 0 Å². The van der Waals surface area contributed by atoms with Gasteiger partial charge in [0, 0.05) is 18.7 Å². The molecule has 1 heterocycles. The largest absolute Gasteiger partial charge is 0.488 e. The lowest BCUT2D eigenvalue weighted by Gasteiger charge is -2.14. The number of nitrogens with zero attached hydrogens (tertiary/aromatic N) is 2. The molecule has 3 aromatic carbocycles. The Bertz CT molecular complexity index is 1170. The fourth-order valence-corrected chi connectivity index (χ4v) is 4.30. The standard InChI is InChI=1S/C21H20BN3O4S/c26-22(27)17-7-4-8-18(15-17)24-30(28,29)20-11-9-19(10-12-20)25-14-13-21(23-25)16-5-2-1-3-6-16/h1-12,15,24,26-27H,13-14H2. The average molecular weight is 421 g/mol. The van der Waals surface area contributed by atoms with Gasteiger partial charge < -0.3 is 10.0 Å². The second-order valence-electron chi connectivity index (χ2n) is 6.88. The van der Waals surface area contributed by atoms with Gasteiger partial charge in [0.2, 0.25) is 0 Å². The van der Waals surface area contributed by atoms with Gasteiger partial charge in [0.05, 0.1) is 16.3 Å². The summed E-state index contributed by atoms with van der Waals surface area (Å²) in [6, 6.07) is 22.4. The molecule has 0 fully saturated rings. The van der Waals surface area contributed by atoms with E-state index in [-0.39, 0.29) is 16.0 Å². The summed E-state index contributed by atoms with van der Waals surface area (Å²) in [6.45, 7) is 0.727.